The van der Waals surface area contributed by atoms with E-state index in [1.54, 1.807) is 0 Å². The van der Waals surface area contributed by atoms with Crippen LogP contribution in [0.3, 0.4) is 0 Å². The Morgan fingerprint density at radius 2 is 1.81 bits per heavy atom. The minimum Gasteiger partial charge on any atom is -0.478 e. The number of carbonyl (C=O) groups excluding carboxylic acids is 1. The van der Waals surface area contributed by atoms with Crippen LogP contribution in [-0.4, -0.2) is 19.1 Å². The highest BCUT2D eigenvalue weighted by Gasteiger charge is 2.06. The SMILES string of the molecule is O=C(Cc1cccc2ccccc12)NCC#CCOc1ccc(F)cc1F. The van der Waals surface area contributed by atoms with E-state index in [1.165, 1.54) is 6.07 Å². The average molecular weight is 365 g/mol. The van der Waals surface area contributed by atoms with Crippen LogP contribution in [0.15, 0.2) is 60.7 Å². The van der Waals surface area contributed by atoms with E-state index < -0.39 is 11.6 Å². The monoisotopic (exact) mass is 365 g/mol. The molecular weight excluding hydrogens is 348 g/mol. The molecule has 0 bridgehead atoms. The smallest absolute Gasteiger partial charge is 0.225 e. The fourth-order valence-corrected chi connectivity index (χ4v) is 2.64. The van der Waals surface area contributed by atoms with E-state index in [1.807, 2.05) is 42.5 Å². The van der Waals surface area contributed by atoms with Crippen LogP contribution in [0.4, 0.5) is 8.78 Å². The minimum absolute atomic E-state index is 0.0538. The third-order valence-corrected chi connectivity index (χ3v) is 3.92. The average Bonchev–Trinajstić information content (AvgIpc) is 2.66. The maximum Gasteiger partial charge on any atom is 0.225 e. The standard InChI is InChI=1S/C22H17F2NO2/c23-18-10-11-21(20(24)15-18)27-13-4-3-12-25-22(26)14-17-8-5-7-16-6-1-2-9-19(16)17/h1-2,5-11,15H,12-14H2,(H,25,26). The van der Waals surface area contributed by atoms with Crippen LogP contribution in [0.1, 0.15) is 5.56 Å². The lowest BCUT2D eigenvalue weighted by molar-refractivity contribution is -0.120. The summed E-state index contributed by atoms with van der Waals surface area (Å²) in [5.74, 6) is 3.77. The molecule has 1 amide bonds. The van der Waals surface area contributed by atoms with Gasteiger partial charge in [0.25, 0.3) is 0 Å². The summed E-state index contributed by atoms with van der Waals surface area (Å²) in [4.78, 5) is 12.1. The first-order valence-corrected chi connectivity index (χ1v) is 8.40. The molecule has 3 aromatic carbocycles. The largest absolute Gasteiger partial charge is 0.478 e. The fourth-order valence-electron chi connectivity index (χ4n) is 2.64. The quantitative estimate of drug-likeness (QED) is 0.698. The van der Waals surface area contributed by atoms with Crippen LogP contribution in [0.25, 0.3) is 10.8 Å². The zero-order valence-corrected chi connectivity index (χ0v) is 14.5. The number of amides is 1. The molecule has 0 spiro atoms. The summed E-state index contributed by atoms with van der Waals surface area (Å²) in [5.41, 5.74) is 0.952. The van der Waals surface area contributed by atoms with Crippen molar-refractivity contribution in [2.45, 2.75) is 6.42 Å². The van der Waals surface area contributed by atoms with Gasteiger partial charge in [0.2, 0.25) is 5.91 Å². The zero-order valence-electron chi connectivity index (χ0n) is 14.5. The fraction of sp³-hybridized carbons (Fsp3) is 0.136. The van der Waals surface area contributed by atoms with Gasteiger partial charge in [0.05, 0.1) is 13.0 Å². The number of ether oxygens (including phenoxy) is 1. The minimum atomic E-state index is -0.778. The summed E-state index contributed by atoms with van der Waals surface area (Å²) in [6, 6.07) is 16.8. The van der Waals surface area contributed by atoms with E-state index in [-0.39, 0.29) is 31.2 Å². The van der Waals surface area contributed by atoms with Crippen LogP contribution in [0, 0.1) is 23.5 Å². The molecule has 0 heterocycles. The molecule has 136 valence electrons. The lowest BCUT2D eigenvalue weighted by Gasteiger charge is -2.06. The second-order valence-electron chi connectivity index (χ2n) is 5.81. The predicted molar refractivity (Wildman–Crippen MR) is 100 cm³/mol. The highest BCUT2D eigenvalue weighted by atomic mass is 19.1. The number of fused-ring (bicyclic) bond motifs is 1. The molecule has 0 saturated heterocycles. The van der Waals surface area contributed by atoms with Gasteiger partial charge in [0.15, 0.2) is 11.6 Å². The molecule has 0 saturated carbocycles. The lowest BCUT2D eigenvalue weighted by Crippen LogP contribution is -2.25. The van der Waals surface area contributed by atoms with Gasteiger partial charge in [-0.2, -0.15) is 0 Å². The number of hydrogen-bond donors (Lipinski definition) is 1. The first-order chi connectivity index (χ1) is 13.1. The molecule has 3 aromatic rings. The molecule has 0 aromatic heterocycles. The Labute approximate surface area is 156 Å². The number of nitrogens with one attached hydrogen (secondary N) is 1. The van der Waals surface area contributed by atoms with Gasteiger partial charge in [-0.05, 0) is 28.5 Å². The zero-order chi connectivity index (χ0) is 19.1. The second kappa shape index (κ2) is 8.81. The van der Waals surface area contributed by atoms with Crippen molar-refractivity contribution in [3.63, 3.8) is 0 Å². The summed E-state index contributed by atoms with van der Waals surface area (Å²) in [7, 11) is 0. The number of hydrogen-bond acceptors (Lipinski definition) is 2. The van der Waals surface area contributed by atoms with Crippen LogP contribution in [0.5, 0.6) is 5.75 Å². The van der Waals surface area contributed by atoms with Crippen molar-refractivity contribution >= 4 is 16.7 Å². The van der Waals surface area contributed by atoms with Crippen molar-refractivity contribution < 1.29 is 18.3 Å². The summed E-state index contributed by atoms with van der Waals surface area (Å²) < 4.78 is 31.3. The van der Waals surface area contributed by atoms with E-state index in [2.05, 4.69) is 17.2 Å². The Kier molecular flexibility index (Phi) is 6.01. The summed E-state index contributed by atoms with van der Waals surface area (Å²) in [6.45, 7) is 0.112. The molecule has 0 unspecified atom stereocenters. The summed E-state index contributed by atoms with van der Waals surface area (Å²) in [5, 5.41) is 4.86. The first kappa shape index (κ1) is 18.4. The molecule has 0 fully saturated rings. The van der Waals surface area contributed by atoms with Gasteiger partial charge in [0, 0.05) is 6.07 Å². The van der Waals surface area contributed by atoms with E-state index in [0.717, 1.165) is 28.5 Å². The van der Waals surface area contributed by atoms with Crippen molar-refractivity contribution in [3.05, 3.63) is 77.9 Å². The van der Waals surface area contributed by atoms with E-state index in [4.69, 9.17) is 4.74 Å². The van der Waals surface area contributed by atoms with Crippen molar-refractivity contribution in [2.24, 2.45) is 0 Å². The molecule has 0 aliphatic rings. The normalized spacial score (nSPS) is 10.1. The Morgan fingerprint density at radius 3 is 2.67 bits per heavy atom. The van der Waals surface area contributed by atoms with E-state index in [9.17, 15) is 13.6 Å². The topological polar surface area (TPSA) is 38.3 Å². The molecule has 3 rings (SSSR count). The molecule has 3 nitrogen and oxygen atoms in total. The number of carbonyl (C=O) groups is 1. The van der Waals surface area contributed by atoms with Gasteiger partial charge in [-0.3, -0.25) is 4.79 Å². The van der Waals surface area contributed by atoms with Crippen LogP contribution >= 0.6 is 0 Å². The first-order valence-electron chi connectivity index (χ1n) is 8.40. The van der Waals surface area contributed by atoms with Gasteiger partial charge in [-0.1, -0.05) is 54.3 Å². The van der Waals surface area contributed by atoms with Crippen LogP contribution < -0.4 is 10.1 Å². The van der Waals surface area contributed by atoms with Gasteiger partial charge < -0.3 is 10.1 Å². The summed E-state index contributed by atoms with van der Waals surface area (Å²) >= 11 is 0. The number of rotatable bonds is 5. The summed E-state index contributed by atoms with van der Waals surface area (Å²) in [6.07, 6.45) is 0.264. The van der Waals surface area contributed by atoms with Crippen molar-refractivity contribution in [2.75, 3.05) is 13.2 Å². The molecule has 0 atom stereocenters. The predicted octanol–water partition coefficient (Wildman–Crippen LogP) is 3.86. The lowest BCUT2D eigenvalue weighted by atomic mass is 10.0. The van der Waals surface area contributed by atoms with E-state index >= 15 is 0 Å². The molecular formula is C22H17F2NO2. The Morgan fingerprint density at radius 1 is 1.00 bits per heavy atom. The van der Waals surface area contributed by atoms with Gasteiger partial charge in [-0.25, -0.2) is 8.78 Å². The number of benzene rings is 3. The molecule has 0 aliphatic carbocycles. The molecule has 1 N–H and O–H groups in total. The van der Waals surface area contributed by atoms with E-state index in [0.29, 0.717) is 0 Å². The maximum atomic E-state index is 13.4. The Bertz CT molecular complexity index is 1020. The van der Waals surface area contributed by atoms with Crippen LogP contribution in [-0.2, 0) is 11.2 Å². The maximum absolute atomic E-state index is 13.4. The van der Waals surface area contributed by atoms with Crippen molar-refractivity contribution in [1.82, 2.24) is 5.32 Å². The Hall–Kier alpha value is -3.39. The van der Waals surface area contributed by atoms with Crippen molar-refractivity contribution in [3.8, 4) is 17.6 Å². The highest BCUT2D eigenvalue weighted by Crippen LogP contribution is 2.19. The molecule has 27 heavy (non-hydrogen) atoms. The van der Waals surface area contributed by atoms with Crippen LogP contribution in [0.2, 0.25) is 0 Å². The molecule has 0 radical (unpaired) electrons. The molecule has 5 heteroatoms. The highest BCUT2D eigenvalue weighted by molar-refractivity contribution is 5.90. The third kappa shape index (κ3) is 5.05. The second-order valence-corrected chi connectivity index (χ2v) is 5.81. The van der Waals surface area contributed by atoms with Gasteiger partial charge in [-0.15, -0.1) is 0 Å². The van der Waals surface area contributed by atoms with Gasteiger partial charge in [0.1, 0.15) is 12.4 Å². The van der Waals surface area contributed by atoms with Crippen molar-refractivity contribution in [1.29, 1.82) is 0 Å². The third-order valence-electron chi connectivity index (χ3n) is 3.92. The number of halogens is 2. The molecule has 0 aliphatic heterocycles. The van der Waals surface area contributed by atoms with Gasteiger partial charge >= 0.3 is 0 Å². The Balaban J connectivity index is 1.47.